The van der Waals surface area contributed by atoms with Crippen LogP contribution in [0.3, 0.4) is 0 Å². The number of fused-ring (bicyclic) bond motifs is 1. The lowest BCUT2D eigenvalue weighted by molar-refractivity contribution is -0.147. The molecule has 10 heteroatoms. The van der Waals surface area contributed by atoms with Gasteiger partial charge in [-0.05, 0) is 97.9 Å². The van der Waals surface area contributed by atoms with Gasteiger partial charge in [-0.25, -0.2) is 4.98 Å². The van der Waals surface area contributed by atoms with Crippen molar-refractivity contribution < 1.29 is 27.5 Å². The summed E-state index contributed by atoms with van der Waals surface area (Å²) in [7, 11) is 0. The molecular weight excluding hydrogens is 626 g/mol. The van der Waals surface area contributed by atoms with E-state index in [-0.39, 0.29) is 18.4 Å². The van der Waals surface area contributed by atoms with Gasteiger partial charge in [0.1, 0.15) is 23.9 Å². The highest BCUT2D eigenvalue weighted by atomic mass is 19.3. The quantitative estimate of drug-likeness (QED) is 0.172. The molecule has 0 unspecified atom stereocenters. The van der Waals surface area contributed by atoms with Gasteiger partial charge in [0.05, 0.1) is 0 Å². The standard InChI is InChI=1S/C39H46F2N4O4/c1-24-28(29-9-6-12-33(25(29)2)45-16-13-26(14-17-45)20-44-22-39(3,4)23-44)8-5-10-30(24)36-43-32-18-27(21-47-37(46)31-11-7-15-42-31)34(49-38(40)41)19-35(32)48-36/h5-6,8-10,12,18-19,26,31,38,42H,7,11,13-17,20-23H2,1-4H3/t31-/m0/s1. The molecular formula is C39H46F2N4O4. The van der Waals surface area contributed by atoms with Crippen molar-refractivity contribution in [2.24, 2.45) is 11.3 Å². The second-order valence-corrected chi connectivity index (χ2v) is 14.8. The van der Waals surface area contributed by atoms with Gasteiger partial charge in [-0.3, -0.25) is 4.79 Å². The number of piperidine rings is 1. The summed E-state index contributed by atoms with van der Waals surface area (Å²) >= 11 is 0. The number of hydrogen-bond donors (Lipinski definition) is 1. The number of ether oxygens (including phenoxy) is 2. The summed E-state index contributed by atoms with van der Waals surface area (Å²) in [5.74, 6) is 0.611. The summed E-state index contributed by atoms with van der Waals surface area (Å²) in [5, 5.41) is 3.09. The molecule has 1 atom stereocenters. The second kappa shape index (κ2) is 13.7. The van der Waals surface area contributed by atoms with Gasteiger partial charge in [0.25, 0.3) is 0 Å². The summed E-state index contributed by atoms with van der Waals surface area (Å²) in [6.45, 7) is 12.2. The van der Waals surface area contributed by atoms with Crippen molar-refractivity contribution in [3.63, 3.8) is 0 Å². The Morgan fingerprint density at radius 2 is 1.73 bits per heavy atom. The molecule has 0 bridgehead atoms. The van der Waals surface area contributed by atoms with Gasteiger partial charge in [-0.15, -0.1) is 0 Å². The molecule has 4 heterocycles. The van der Waals surface area contributed by atoms with Crippen LogP contribution in [-0.2, 0) is 16.1 Å². The number of esters is 1. The topological polar surface area (TPSA) is 80.1 Å². The zero-order valence-electron chi connectivity index (χ0n) is 28.9. The van der Waals surface area contributed by atoms with E-state index in [0.29, 0.717) is 34.4 Å². The van der Waals surface area contributed by atoms with Crippen molar-refractivity contribution in [2.75, 3.05) is 44.2 Å². The van der Waals surface area contributed by atoms with Crippen LogP contribution in [-0.4, -0.2) is 67.8 Å². The predicted molar refractivity (Wildman–Crippen MR) is 187 cm³/mol. The number of halogens is 2. The van der Waals surface area contributed by atoms with Crippen LogP contribution >= 0.6 is 0 Å². The fourth-order valence-corrected chi connectivity index (χ4v) is 8.00. The lowest BCUT2D eigenvalue weighted by atomic mass is 9.83. The Balaban J connectivity index is 1.11. The van der Waals surface area contributed by atoms with Gasteiger partial charge in [-0.1, -0.05) is 38.1 Å². The SMILES string of the molecule is Cc1c(-c2nc3cc(COC(=O)[C@@H]4CCCN4)c(OC(F)F)cc3o2)cccc1-c1cccc(N2CCC(CN3CC(C)(C)C3)CC2)c1C. The van der Waals surface area contributed by atoms with E-state index in [1.165, 1.54) is 49.8 Å². The zero-order chi connectivity index (χ0) is 34.3. The maximum Gasteiger partial charge on any atom is 0.387 e. The number of hydrogen-bond acceptors (Lipinski definition) is 8. The van der Waals surface area contributed by atoms with Crippen LogP contribution in [0.25, 0.3) is 33.7 Å². The van der Waals surface area contributed by atoms with Gasteiger partial charge in [-0.2, -0.15) is 8.78 Å². The fourth-order valence-electron chi connectivity index (χ4n) is 8.00. The van der Waals surface area contributed by atoms with Crippen LogP contribution in [0.1, 0.15) is 56.2 Å². The molecule has 0 spiro atoms. The summed E-state index contributed by atoms with van der Waals surface area (Å²) in [5.41, 5.74) is 8.11. The van der Waals surface area contributed by atoms with Crippen LogP contribution in [0.2, 0.25) is 0 Å². The molecule has 0 amide bonds. The second-order valence-electron chi connectivity index (χ2n) is 14.8. The van der Waals surface area contributed by atoms with Crippen LogP contribution in [0.4, 0.5) is 14.5 Å². The lowest BCUT2D eigenvalue weighted by Crippen LogP contribution is -2.54. The van der Waals surface area contributed by atoms with Crippen molar-refractivity contribution in [3.05, 3.63) is 65.2 Å². The van der Waals surface area contributed by atoms with Crippen molar-refractivity contribution in [2.45, 2.75) is 72.6 Å². The first-order valence-electron chi connectivity index (χ1n) is 17.5. The van der Waals surface area contributed by atoms with Gasteiger partial charge in [0, 0.05) is 55.6 Å². The van der Waals surface area contributed by atoms with E-state index in [0.717, 1.165) is 54.2 Å². The molecule has 7 rings (SSSR count). The Bertz CT molecular complexity index is 1820. The minimum absolute atomic E-state index is 0.108. The molecule has 1 N–H and O–H groups in total. The molecule has 1 aromatic heterocycles. The van der Waals surface area contributed by atoms with E-state index in [9.17, 15) is 13.6 Å². The number of nitrogens with one attached hydrogen (secondary N) is 1. The summed E-state index contributed by atoms with van der Waals surface area (Å²) in [6.07, 6.45) is 3.98. The molecule has 49 heavy (non-hydrogen) atoms. The van der Waals surface area contributed by atoms with Crippen LogP contribution in [0, 0.1) is 25.2 Å². The number of anilines is 1. The minimum Gasteiger partial charge on any atom is -0.460 e. The molecule has 4 aromatic rings. The maximum absolute atomic E-state index is 13.4. The molecule has 3 aliphatic rings. The van der Waals surface area contributed by atoms with Gasteiger partial charge in [0.2, 0.25) is 5.89 Å². The highest BCUT2D eigenvalue weighted by molar-refractivity contribution is 5.84. The Morgan fingerprint density at radius 3 is 2.43 bits per heavy atom. The number of nitrogens with zero attached hydrogens (tertiary/aromatic N) is 3. The van der Waals surface area contributed by atoms with Crippen LogP contribution < -0.4 is 15.0 Å². The molecule has 0 aliphatic carbocycles. The van der Waals surface area contributed by atoms with Gasteiger partial charge in [0.15, 0.2) is 5.58 Å². The first kappa shape index (κ1) is 33.5. The van der Waals surface area contributed by atoms with E-state index in [1.54, 1.807) is 6.07 Å². The maximum atomic E-state index is 13.4. The molecule has 8 nitrogen and oxygen atoms in total. The van der Waals surface area contributed by atoms with E-state index in [1.807, 2.05) is 12.1 Å². The van der Waals surface area contributed by atoms with Crippen molar-refractivity contribution in [3.8, 4) is 28.3 Å². The minimum atomic E-state index is -3.05. The third-order valence-electron chi connectivity index (χ3n) is 10.4. The van der Waals surface area contributed by atoms with Crippen LogP contribution in [0.5, 0.6) is 5.75 Å². The van der Waals surface area contributed by atoms with Gasteiger partial charge >= 0.3 is 12.6 Å². The van der Waals surface area contributed by atoms with E-state index in [2.05, 4.69) is 67.1 Å². The predicted octanol–water partition coefficient (Wildman–Crippen LogP) is 7.73. The number of carbonyl (C=O) groups is 1. The molecule has 3 aliphatic heterocycles. The molecule has 3 aromatic carbocycles. The highest BCUT2D eigenvalue weighted by Gasteiger charge is 2.35. The smallest absolute Gasteiger partial charge is 0.387 e. The fraction of sp³-hybridized carbons (Fsp3) is 0.487. The number of aromatic nitrogens is 1. The third-order valence-corrected chi connectivity index (χ3v) is 10.4. The number of benzene rings is 3. The van der Waals surface area contributed by atoms with E-state index in [4.69, 9.17) is 18.9 Å². The number of rotatable bonds is 10. The van der Waals surface area contributed by atoms with Crippen molar-refractivity contribution in [1.82, 2.24) is 15.2 Å². The average Bonchev–Trinajstić information content (AvgIpc) is 3.74. The van der Waals surface area contributed by atoms with E-state index >= 15 is 0 Å². The first-order chi connectivity index (χ1) is 23.5. The summed E-state index contributed by atoms with van der Waals surface area (Å²) in [6, 6.07) is 15.2. The molecule has 3 saturated heterocycles. The Labute approximate surface area is 286 Å². The molecule has 3 fully saturated rings. The summed E-state index contributed by atoms with van der Waals surface area (Å²) < 4.78 is 43.2. The number of carbonyl (C=O) groups excluding carboxylic acids is 1. The van der Waals surface area contributed by atoms with Crippen molar-refractivity contribution >= 4 is 22.8 Å². The lowest BCUT2D eigenvalue weighted by Gasteiger charge is -2.48. The van der Waals surface area contributed by atoms with Gasteiger partial charge < -0.3 is 29.0 Å². The largest absolute Gasteiger partial charge is 0.460 e. The molecule has 0 radical (unpaired) electrons. The molecule has 260 valence electrons. The third kappa shape index (κ3) is 7.17. The first-order valence-corrected chi connectivity index (χ1v) is 17.5. The zero-order valence-corrected chi connectivity index (χ0v) is 28.9. The normalized spacial score (nSPS) is 19.8. The highest BCUT2D eigenvalue weighted by Crippen LogP contribution is 2.39. The number of alkyl halides is 2. The Morgan fingerprint density at radius 1 is 1.02 bits per heavy atom. The summed E-state index contributed by atoms with van der Waals surface area (Å²) in [4.78, 5) is 22.4. The Hall–Kier alpha value is -4.02. The van der Waals surface area contributed by atoms with Crippen molar-refractivity contribution in [1.29, 1.82) is 0 Å². The Kier molecular flexibility index (Phi) is 9.37. The monoisotopic (exact) mass is 672 g/mol. The van der Waals surface area contributed by atoms with Crippen LogP contribution in [0.15, 0.2) is 52.9 Å². The molecule has 0 saturated carbocycles. The van der Waals surface area contributed by atoms with E-state index < -0.39 is 12.6 Å². The number of likely N-dealkylation sites (tertiary alicyclic amines) is 1. The number of oxazole rings is 1. The average molecular weight is 673 g/mol.